The number of thiophene rings is 1. The Bertz CT molecular complexity index is 608. The number of rotatable bonds is 2. The lowest BCUT2D eigenvalue weighted by Gasteiger charge is -2.25. The van der Waals surface area contributed by atoms with Gasteiger partial charge in [0.25, 0.3) is 0 Å². The molecule has 1 nitrogen and oxygen atoms in total. The number of fused-ring (bicyclic) bond motifs is 1. The maximum absolute atomic E-state index is 6.16. The molecular weight excluding hydrogens is 342 g/mol. The lowest BCUT2D eigenvalue weighted by Crippen LogP contribution is -2.16. The molecule has 1 aliphatic rings. The third-order valence-electron chi connectivity index (χ3n) is 3.61. The Morgan fingerprint density at radius 2 is 2.21 bits per heavy atom. The zero-order valence-electron chi connectivity index (χ0n) is 10.7. The summed E-state index contributed by atoms with van der Waals surface area (Å²) in [5.74, 6) is 0. The highest BCUT2D eigenvalue weighted by atomic mass is 79.9. The second-order valence-electron chi connectivity index (χ2n) is 4.98. The van der Waals surface area contributed by atoms with Gasteiger partial charge < -0.3 is 5.32 Å². The van der Waals surface area contributed by atoms with E-state index in [1.54, 1.807) is 11.3 Å². The van der Waals surface area contributed by atoms with Crippen molar-refractivity contribution >= 4 is 44.6 Å². The Morgan fingerprint density at radius 1 is 1.37 bits per heavy atom. The summed E-state index contributed by atoms with van der Waals surface area (Å²) in [7, 11) is 0. The first-order valence-corrected chi connectivity index (χ1v) is 8.43. The van der Waals surface area contributed by atoms with Crippen molar-refractivity contribution in [1.29, 1.82) is 0 Å². The van der Waals surface area contributed by atoms with Crippen LogP contribution in [-0.4, -0.2) is 0 Å². The molecule has 4 heteroatoms. The van der Waals surface area contributed by atoms with Gasteiger partial charge >= 0.3 is 0 Å². The van der Waals surface area contributed by atoms with Gasteiger partial charge in [-0.15, -0.1) is 11.3 Å². The summed E-state index contributed by atoms with van der Waals surface area (Å²) in [6.45, 7) is 2.14. The summed E-state index contributed by atoms with van der Waals surface area (Å²) in [5, 5.41) is 3.68. The van der Waals surface area contributed by atoms with Gasteiger partial charge in [0.1, 0.15) is 0 Å². The minimum Gasteiger partial charge on any atom is -0.378 e. The van der Waals surface area contributed by atoms with Gasteiger partial charge in [0.15, 0.2) is 0 Å². The molecule has 0 amide bonds. The quantitative estimate of drug-likeness (QED) is 0.699. The predicted octanol–water partition coefficient (Wildman–Crippen LogP) is 5.96. The van der Waals surface area contributed by atoms with Crippen LogP contribution in [0.5, 0.6) is 0 Å². The van der Waals surface area contributed by atoms with Crippen molar-refractivity contribution in [2.75, 3.05) is 5.32 Å². The highest BCUT2D eigenvalue weighted by Crippen LogP contribution is 2.39. The molecule has 0 fully saturated rings. The molecule has 0 saturated heterocycles. The molecular formula is C15H15BrClNS. The van der Waals surface area contributed by atoms with Crippen molar-refractivity contribution in [2.45, 2.75) is 32.2 Å². The van der Waals surface area contributed by atoms with Gasteiger partial charge in [-0.1, -0.05) is 33.6 Å². The van der Waals surface area contributed by atoms with Crippen LogP contribution in [0.25, 0.3) is 0 Å². The minimum absolute atomic E-state index is 0.389. The molecule has 1 aromatic carbocycles. The molecule has 0 radical (unpaired) electrons. The van der Waals surface area contributed by atoms with Crippen molar-refractivity contribution in [2.24, 2.45) is 0 Å². The standard InChI is InChI=1S/C15H15BrClNS/c1-9-5-6-10(16)7-13(9)18-12-3-2-4-14-11(12)8-15(17)19-14/h5-8,12,18H,2-4H2,1H3. The number of nitrogens with one attached hydrogen (secondary N) is 1. The molecule has 1 aromatic heterocycles. The summed E-state index contributed by atoms with van der Waals surface area (Å²) in [4.78, 5) is 1.45. The maximum atomic E-state index is 6.16. The van der Waals surface area contributed by atoms with Crippen molar-refractivity contribution in [3.05, 3.63) is 49.1 Å². The molecule has 1 unspecified atom stereocenters. The Morgan fingerprint density at radius 3 is 3.05 bits per heavy atom. The summed E-state index contributed by atoms with van der Waals surface area (Å²) < 4.78 is 2.02. The minimum atomic E-state index is 0.389. The molecule has 0 bridgehead atoms. The monoisotopic (exact) mass is 355 g/mol. The normalized spacial score (nSPS) is 18.2. The van der Waals surface area contributed by atoms with Crippen LogP contribution in [0, 0.1) is 6.92 Å². The third-order valence-corrected chi connectivity index (χ3v) is 5.45. The van der Waals surface area contributed by atoms with Gasteiger partial charge in [0, 0.05) is 15.0 Å². The van der Waals surface area contributed by atoms with Gasteiger partial charge in [0.2, 0.25) is 0 Å². The number of halogens is 2. The first kappa shape index (κ1) is 13.5. The van der Waals surface area contributed by atoms with Gasteiger partial charge in [-0.3, -0.25) is 0 Å². The van der Waals surface area contributed by atoms with Gasteiger partial charge in [-0.2, -0.15) is 0 Å². The highest BCUT2D eigenvalue weighted by molar-refractivity contribution is 9.10. The molecule has 1 atom stereocenters. The molecule has 1 N–H and O–H groups in total. The molecule has 19 heavy (non-hydrogen) atoms. The fourth-order valence-corrected chi connectivity index (χ4v) is 4.35. The highest BCUT2D eigenvalue weighted by Gasteiger charge is 2.23. The summed E-state index contributed by atoms with van der Waals surface area (Å²) in [6, 6.07) is 8.88. The van der Waals surface area contributed by atoms with E-state index in [0.29, 0.717) is 6.04 Å². The Hall–Kier alpha value is -0.510. The first-order chi connectivity index (χ1) is 9.13. The fraction of sp³-hybridized carbons (Fsp3) is 0.333. The van der Waals surface area contributed by atoms with E-state index in [4.69, 9.17) is 11.6 Å². The predicted molar refractivity (Wildman–Crippen MR) is 87.5 cm³/mol. The third kappa shape index (κ3) is 2.83. The zero-order valence-corrected chi connectivity index (χ0v) is 13.8. The second-order valence-corrected chi connectivity index (χ2v) is 7.66. The number of benzene rings is 1. The SMILES string of the molecule is Cc1ccc(Br)cc1NC1CCCc2sc(Cl)cc21. The van der Waals surface area contributed by atoms with E-state index >= 15 is 0 Å². The fourth-order valence-electron chi connectivity index (χ4n) is 2.61. The molecule has 0 saturated carbocycles. The smallest absolute Gasteiger partial charge is 0.0934 e. The van der Waals surface area contributed by atoms with E-state index in [-0.39, 0.29) is 0 Å². The van der Waals surface area contributed by atoms with Gasteiger partial charge in [-0.05, 0) is 55.5 Å². The van der Waals surface area contributed by atoms with Crippen LogP contribution in [-0.2, 0) is 6.42 Å². The van der Waals surface area contributed by atoms with E-state index in [2.05, 4.69) is 52.4 Å². The number of hydrogen-bond donors (Lipinski definition) is 1. The number of anilines is 1. The van der Waals surface area contributed by atoms with Gasteiger partial charge in [-0.25, -0.2) is 0 Å². The topological polar surface area (TPSA) is 12.0 Å². The van der Waals surface area contributed by atoms with E-state index in [0.717, 1.165) is 8.81 Å². The lowest BCUT2D eigenvalue weighted by atomic mass is 9.93. The summed E-state index contributed by atoms with van der Waals surface area (Å²) >= 11 is 11.4. The Labute approximate surface area is 131 Å². The largest absolute Gasteiger partial charge is 0.378 e. The summed E-state index contributed by atoms with van der Waals surface area (Å²) in [6.07, 6.45) is 3.57. The molecule has 1 heterocycles. The first-order valence-electron chi connectivity index (χ1n) is 6.44. The molecule has 0 aliphatic heterocycles. The van der Waals surface area contributed by atoms with Crippen LogP contribution < -0.4 is 5.32 Å². The molecule has 100 valence electrons. The van der Waals surface area contributed by atoms with Gasteiger partial charge in [0.05, 0.1) is 10.4 Å². The molecule has 3 rings (SSSR count). The number of hydrogen-bond acceptors (Lipinski definition) is 2. The van der Waals surface area contributed by atoms with Crippen LogP contribution in [0.1, 0.15) is 34.9 Å². The number of aryl methyl sites for hydroxylation is 2. The van der Waals surface area contributed by atoms with E-state index in [1.165, 1.54) is 41.0 Å². The average Bonchev–Trinajstić information content (AvgIpc) is 2.75. The molecule has 2 aromatic rings. The average molecular weight is 357 g/mol. The zero-order chi connectivity index (χ0) is 13.4. The Kier molecular flexibility index (Phi) is 3.88. The van der Waals surface area contributed by atoms with Crippen molar-refractivity contribution in [3.63, 3.8) is 0 Å². The lowest BCUT2D eigenvalue weighted by molar-refractivity contribution is 0.608. The summed E-state index contributed by atoms with van der Waals surface area (Å²) in [5.41, 5.74) is 3.87. The van der Waals surface area contributed by atoms with E-state index in [9.17, 15) is 0 Å². The second kappa shape index (κ2) is 5.47. The molecule has 0 spiro atoms. The van der Waals surface area contributed by atoms with E-state index < -0.39 is 0 Å². The van der Waals surface area contributed by atoms with Crippen LogP contribution in [0.15, 0.2) is 28.7 Å². The van der Waals surface area contributed by atoms with Crippen LogP contribution in [0.3, 0.4) is 0 Å². The van der Waals surface area contributed by atoms with Crippen LogP contribution >= 0.6 is 38.9 Å². The van der Waals surface area contributed by atoms with E-state index in [1.807, 2.05) is 0 Å². The van der Waals surface area contributed by atoms with Crippen molar-refractivity contribution in [1.82, 2.24) is 0 Å². The van der Waals surface area contributed by atoms with Crippen molar-refractivity contribution < 1.29 is 0 Å². The van der Waals surface area contributed by atoms with Crippen LogP contribution in [0.2, 0.25) is 4.34 Å². The van der Waals surface area contributed by atoms with Crippen LogP contribution in [0.4, 0.5) is 5.69 Å². The van der Waals surface area contributed by atoms with Crippen molar-refractivity contribution in [3.8, 4) is 0 Å². The Balaban J connectivity index is 1.90. The maximum Gasteiger partial charge on any atom is 0.0934 e. The molecule has 1 aliphatic carbocycles.